The molecule has 29 heavy (non-hydrogen) atoms. The smallest absolute Gasteiger partial charge is 0.199 e. The number of hydrogen-bond donors (Lipinski definition) is 2. The van der Waals surface area contributed by atoms with Gasteiger partial charge in [-0.15, -0.1) is 0 Å². The Morgan fingerprint density at radius 3 is 2.83 bits per heavy atom. The lowest BCUT2D eigenvalue weighted by atomic mass is 10.1. The van der Waals surface area contributed by atoms with Crippen LogP contribution in [0.3, 0.4) is 0 Å². The van der Waals surface area contributed by atoms with Gasteiger partial charge in [-0.3, -0.25) is 9.98 Å². The van der Waals surface area contributed by atoms with Crippen molar-refractivity contribution in [1.82, 2.24) is 14.3 Å². The maximum absolute atomic E-state index is 14.4. The van der Waals surface area contributed by atoms with E-state index in [0.29, 0.717) is 33.8 Å². The zero-order valence-corrected chi connectivity index (χ0v) is 17.0. The van der Waals surface area contributed by atoms with Gasteiger partial charge in [-0.25, -0.2) is 4.39 Å². The first-order valence-corrected chi connectivity index (χ1v) is 10.0. The standard InChI is InChI=1S/C21H22FN5OS/c1-24-10-15-7-21(19-5-3-4-6-20(19)22)27(14-15)29(28)18-8-16(12-26-13-18)17(9-23)11-25-2/h3-9,11-14,24H,10,23H2,1-2H3. The Balaban J connectivity index is 2.08. The molecule has 2 heterocycles. The van der Waals surface area contributed by atoms with E-state index >= 15 is 0 Å². The third kappa shape index (κ3) is 4.56. The fourth-order valence-electron chi connectivity index (χ4n) is 2.94. The first-order chi connectivity index (χ1) is 14.1. The van der Waals surface area contributed by atoms with E-state index in [1.165, 1.54) is 18.5 Å². The third-order valence-corrected chi connectivity index (χ3v) is 5.53. The average molecular weight is 412 g/mol. The van der Waals surface area contributed by atoms with Crippen molar-refractivity contribution >= 4 is 23.1 Å². The zero-order valence-electron chi connectivity index (χ0n) is 16.2. The van der Waals surface area contributed by atoms with Crippen LogP contribution in [0.4, 0.5) is 4.39 Å². The maximum Gasteiger partial charge on any atom is 0.199 e. The molecule has 3 rings (SSSR count). The van der Waals surface area contributed by atoms with E-state index in [0.717, 1.165) is 5.56 Å². The van der Waals surface area contributed by atoms with Gasteiger partial charge in [-0.1, -0.05) is 12.1 Å². The van der Waals surface area contributed by atoms with Gasteiger partial charge in [0.1, 0.15) is 22.9 Å². The monoisotopic (exact) mass is 411 g/mol. The first kappa shape index (κ1) is 20.8. The van der Waals surface area contributed by atoms with E-state index in [1.807, 2.05) is 13.1 Å². The lowest BCUT2D eigenvalue weighted by Crippen LogP contribution is -2.14. The highest BCUT2D eigenvalue weighted by Gasteiger charge is 2.23. The minimum absolute atomic E-state index is 0.376. The SMILES string of the molecule is CN=CC(=CN)c1cncc([S+]([O-])n2cc(CNC)cc2-c2ccccc2F)c1. The molecule has 0 saturated carbocycles. The second-order valence-corrected chi connectivity index (χ2v) is 7.60. The fraction of sp³-hybridized carbons (Fsp3) is 0.143. The molecule has 0 saturated heterocycles. The molecule has 1 unspecified atom stereocenters. The molecule has 0 aliphatic rings. The Labute approximate surface area is 172 Å². The largest absolute Gasteiger partial charge is 0.587 e. The van der Waals surface area contributed by atoms with Crippen molar-refractivity contribution in [2.45, 2.75) is 11.4 Å². The van der Waals surface area contributed by atoms with E-state index < -0.39 is 11.4 Å². The number of nitrogens with one attached hydrogen (secondary N) is 1. The van der Waals surface area contributed by atoms with Crippen molar-refractivity contribution in [2.24, 2.45) is 10.7 Å². The second kappa shape index (κ2) is 9.51. The van der Waals surface area contributed by atoms with Crippen LogP contribution in [0.5, 0.6) is 0 Å². The number of nitrogens with two attached hydrogens (primary N) is 1. The zero-order chi connectivity index (χ0) is 20.8. The molecule has 0 amide bonds. The van der Waals surface area contributed by atoms with Gasteiger partial charge in [0.2, 0.25) is 0 Å². The quantitative estimate of drug-likeness (QED) is 0.462. The number of hydrogen-bond acceptors (Lipinski definition) is 5. The van der Waals surface area contributed by atoms with E-state index in [4.69, 9.17) is 5.73 Å². The molecular weight excluding hydrogens is 389 g/mol. The summed E-state index contributed by atoms with van der Waals surface area (Å²) in [6, 6.07) is 10.0. The van der Waals surface area contributed by atoms with Gasteiger partial charge in [0.25, 0.3) is 0 Å². The van der Waals surface area contributed by atoms with Crippen LogP contribution in [0.25, 0.3) is 16.8 Å². The first-order valence-electron chi connectivity index (χ1n) is 8.91. The van der Waals surface area contributed by atoms with Gasteiger partial charge in [-0.05, 0) is 30.8 Å². The van der Waals surface area contributed by atoms with Crippen LogP contribution in [-0.2, 0) is 17.9 Å². The minimum Gasteiger partial charge on any atom is -0.587 e. The van der Waals surface area contributed by atoms with Crippen LogP contribution in [-0.4, -0.2) is 33.8 Å². The summed E-state index contributed by atoms with van der Waals surface area (Å²) in [4.78, 5) is 8.64. The number of nitrogens with zero attached hydrogens (tertiary/aromatic N) is 3. The van der Waals surface area contributed by atoms with Crippen molar-refractivity contribution in [3.63, 3.8) is 0 Å². The van der Waals surface area contributed by atoms with Crippen molar-refractivity contribution in [3.8, 4) is 11.3 Å². The van der Waals surface area contributed by atoms with Crippen molar-refractivity contribution < 1.29 is 8.94 Å². The Morgan fingerprint density at radius 2 is 2.14 bits per heavy atom. The van der Waals surface area contributed by atoms with Crippen LogP contribution in [0.15, 0.2) is 71.1 Å². The summed E-state index contributed by atoms with van der Waals surface area (Å²) in [6.45, 7) is 0.566. The van der Waals surface area contributed by atoms with Gasteiger partial charge in [0, 0.05) is 55.0 Å². The molecule has 3 aromatic rings. The summed E-state index contributed by atoms with van der Waals surface area (Å²) in [5, 5.41) is 3.06. The van der Waals surface area contributed by atoms with Crippen LogP contribution in [0, 0.1) is 5.82 Å². The molecule has 8 heteroatoms. The molecular formula is C21H22FN5OS. The Bertz CT molecular complexity index is 1050. The van der Waals surface area contributed by atoms with Gasteiger partial charge in [0.05, 0.1) is 12.4 Å². The van der Waals surface area contributed by atoms with E-state index in [1.54, 1.807) is 53.9 Å². The second-order valence-electron chi connectivity index (χ2n) is 6.24. The molecule has 6 nitrogen and oxygen atoms in total. The highest BCUT2D eigenvalue weighted by atomic mass is 32.2. The molecule has 0 aliphatic carbocycles. The number of rotatable bonds is 7. The molecule has 0 spiro atoms. The summed E-state index contributed by atoms with van der Waals surface area (Å²) in [5.41, 5.74) is 8.83. The molecule has 0 bridgehead atoms. The normalized spacial score (nSPS) is 13.2. The summed E-state index contributed by atoms with van der Waals surface area (Å²) < 4.78 is 29.4. The molecule has 150 valence electrons. The summed E-state index contributed by atoms with van der Waals surface area (Å²) in [5.74, 6) is -0.376. The van der Waals surface area contributed by atoms with Crippen LogP contribution in [0.2, 0.25) is 0 Å². The van der Waals surface area contributed by atoms with Crippen LogP contribution in [0.1, 0.15) is 11.1 Å². The van der Waals surface area contributed by atoms with Crippen LogP contribution < -0.4 is 11.1 Å². The molecule has 1 aromatic carbocycles. The number of allylic oxidation sites excluding steroid dienone is 1. The summed E-state index contributed by atoms with van der Waals surface area (Å²) in [6.07, 6.45) is 7.94. The highest BCUT2D eigenvalue weighted by molar-refractivity contribution is 7.90. The van der Waals surface area contributed by atoms with Gasteiger partial charge < -0.3 is 15.6 Å². The van der Waals surface area contributed by atoms with Crippen molar-refractivity contribution in [1.29, 1.82) is 0 Å². The van der Waals surface area contributed by atoms with E-state index in [2.05, 4.69) is 15.3 Å². The van der Waals surface area contributed by atoms with Gasteiger partial charge in [-0.2, -0.15) is 3.97 Å². The average Bonchev–Trinajstić information content (AvgIpc) is 3.15. The number of aliphatic imine (C=N–C) groups is 1. The maximum atomic E-state index is 14.4. The van der Waals surface area contributed by atoms with Crippen LogP contribution >= 0.6 is 0 Å². The lowest BCUT2D eigenvalue weighted by Gasteiger charge is -2.14. The van der Waals surface area contributed by atoms with E-state index in [-0.39, 0.29) is 5.82 Å². The topological polar surface area (TPSA) is 91.3 Å². The Hall–Kier alpha value is -2.94. The molecule has 1 atom stereocenters. The number of pyridine rings is 1. The lowest BCUT2D eigenvalue weighted by molar-refractivity contribution is 0.586. The predicted molar refractivity (Wildman–Crippen MR) is 115 cm³/mol. The summed E-state index contributed by atoms with van der Waals surface area (Å²) in [7, 11) is 3.46. The molecule has 0 radical (unpaired) electrons. The number of benzene rings is 1. The molecule has 2 aromatic heterocycles. The molecule has 0 aliphatic heterocycles. The minimum atomic E-state index is -1.64. The number of halogens is 1. The van der Waals surface area contributed by atoms with E-state index in [9.17, 15) is 8.94 Å². The Morgan fingerprint density at radius 1 is 1.34 bits per heavy atom. The van der Waals surface area contributed by atoms with Crippen molar-refractivity contribution in [2.75, 3.05) is 14.1 Å². The summed E-state index contributed by atoms with van der Waals surface area (Å²) >= 11 is -1.64. The fourth-order valence-corrected chi connectivity index (χ4v) is 4.11. The predicted octanol–water partition coefficient (Wildman–Crippen LogP) is 2.98. The van der Waals surface area contributed by atoms with Gasteiger partial charge >= 0.3 is 0 Å². The molecule has 3 N–H and O–H groups in total. The third-order valence-electron chi connectivity index (χ3n) is 4.25. The highest BCUT2D eigenvalue weighted by Crippen LogP contribution is 2.29. The molecule has 0 fully saturated rings. The van der Waals surface area contributed by atoms with Crippen molar-refractivity contribution in [3.05, 3.63) is 78.1 Å². The number of aromatic nitrogens is 2. The van der Waals surface area contributed by atoms with Gasteiger partial charge in [0.15, 0.2) is 4.90 Å². The Kier molecular flexibility index (Phi) is 6.82.